The zero-order valence-corrected chi connectivity index (χ0v) is 13.3. The van der Waals surface area contributed by atoms with Crippen LogP contribution in [0.3, 0.4) is 0 Å². The summed E-state index contributed by atoms with van der Waals surface area (Å²) in [5.41, 5.74) is 9.34. The predicted octanol–water partition coefficient (Wildman–Crippen LogP) is 2.87. The number of nitrogens with one attached hydrogen (secondary N) is 1. The number of hydrogen-bond acceptors (Lipinski definition) is 2. The molecule has 3 heteroatoms. The summed E-state index contributed by atoms with van der Waals surface area (Å²) in [6, 6.07) is 6.38. The summed E-state index contributed by atoms with van der Waals surface area (Å²) in [6.07, 6.45) is 3.04. The standard InChI is InChI=1S/C17H28N2O/c1-5-17(6-2,12-18)19-16(20)10-9-15-8-7-13(3)11-14(15)4/h7-8,11H,5-6,9-10,12,18H2,1-4H3,(H,19,20). The molecule has 1 aromatic rings. The summed E-state index contributed by atoms with van der Waals surface area (Å²) in [5.74, 6) is 0.0964. The molecule has 0 fully saturated rings. The maximum atomic E-state index is 12.1. The molecule has 0 heterocycles. The van der Waals surface area contributed by atoms with E-state index in [1.54, 1.807) is 0 Å². The molecule has 0 saturated carbocycles. The fourth-order valence-electron chi connectivity index (χ4n) is 2.50. The highest BCUT2D eigenvalue weighted by Crippen LogP contribution is 2.15. The molecular formula is C17H28N2O. The van der Waals surface area contributed by atoms with Crippen molar-refractivity contribution in [3.8, 4) is 0 Å². The molecule has 0 radical (unpaired) electrons. The number of benzene rings is 1. The Morgan fingerprint density at radius 1 is 1.25 bits per heavy atom. The van der Waals surface area contributed by atoms with Crippen LogP contribution in [0.15, 0.2) is 18.2 Å². The summed E-state index contributed by atoms with van der Waals surface area (Å²) in [7, 11) is 0. The van der Waals surface area contributed by atoms with Gasteiger partial charge in [-0.1, -0.05) is 37.6 Å². The van der Waals surface area contributed by atoms with Gasteiger partial charge in [-0.3, -0.25) is 4.79 Å². The second kappa shape index (κ2) is 7.44. The van der Waals surface area contributed by atoms with E-state index in [-0.39, 0.29) is 11.4 Å². The van der Waals surface area contributed by atoms with Crippen molar-refractivity contribution in [1.82, 2.24) is 5.32 Å². The molecule has 1 aromatic carbocycles. The Morgan fingerprint density at radius 2 is 1.90 bits per heavy atom. The lowest BCUT2D eigenvalue weighted by molar-refractivity contribution is -0.123. The largest absolute Gasteiger partial charge is 0.349 e. The third-order valence-electron chi connectivity index (χ3n) is 4.27. The minimum Gasteiger partial charge on any atom is -0.349 e. The SMILES string of the molecule is CCC(CC)(CN)NC(=O)CCc1ccc(C)cc1C. The van der Waals surface area contributed by atoms with E-state index in [0.29, 0.717) is 13.0 Å². The molecule has 0 aromatic heterocycles. The van der Waals surface area contributed by atoms with Crippen molar-refractivity contribution in [2.75, 3.05) is 6.54 Å². The zero-order chi connectivity index (χ0) is 15.2. The lowest BCUT2D eigenvalue weighted by Crippen LogP contribution is -2.52. The van der Waals surface area contributed by atoms with Crippen LogP contribution in [0.25, 0.3) is 0 Å². The van der Waals surface area contributed by atoms with Gasteiger partial charge in [-0.2, -0.15) is 0 Å². The third-order valence-corrected chi connectivity index (χ3v) is 4.27. The average molecular weight is 276 g/mol. The molecule has 0 atom stereocenters. The van der Waals surface area contributed by atoms with Gasteiger partial charge in [-0.25, -0.2) is 0 Å². The molecule has 0 aliphatic rings. The van der Waals surface area contributed by atoms with E-state index in [1.807, 2.05) is 0 Å². The maximum Gasteiger partial charge on any atom is 0.220 e. The Bertz CT molecular complexity index is 442. The number of amides is 1. The van der Waals surface area contributed by atoms with Gasteiger partial charge in [0.2, 0.25) is 5.91 Å². The van der Waals surface area contributed by atoms with Crippen molar-refractivity contribution in [2.45, 2.75) is 58.9 Å². The smallest absolute Gasteiger partial charge is 0.220 e. The Labute approximate surface area is 122 Å². The lowest BCUT2D eigenvalue weighted by Gasteiger charge is -2.31. The number of carbonyl (C=O) groups is 1. The van der Waals surface area contributed by atoms with E-state index in [2.05, 4.69) is 51.2 Å². The Balaban J connectivity index is 2.59. The van der Waals surface area contributed by atoms with Crippen LogP contribution in [0.1, 0.15) is 49.8 Å². The van der Waals surface area contributed by atoms with Gasteiger partial charge in [0.05, 0.1) is 5.54 Å². The quantitative estimate of drug-likeness (QED) is 0.804. The average Bonchev–Trinajstić information content (AvgIpc) is 2.44. The predicted molar refractivity (Wildman–Crippen MR) is 84.7 cm³/mol. The molecule has 3 nitrogen and oxygen atoms in total. The topological polar surface area (TPSA) is 55.1 Å². The van der Waals surface area contributed by atoms with Gasteiger partial charge in [0.1, 0.15) is 0 Å². The molecule has 0 aliphatic heterocycles. The van der Waals surface area contributed by atoms with Gasteiger partial charge in [0.15, 0.2) is 0 Å². The van der Waals surface area contributed by atoms with Crippen molar-refractivity contribution in [2.24, 2.45) is 5.73 Å². The molecule has 3 N–H and O–H groups in total. The first-order valence-corrected chi connectivity index (χ1v) is 7.53. The van der Waals surface area contributed by atoms with E-state index < -0.39 is 0 Å². The van der Waals surface area contributed by atoms with Gasteiger partial charge in [-0.05, 0) is 44.2 Å². The minimum absolute atomic E-state index is 0.0964. The van der Waals surface area contributed by atoms with Gasteiger partial charge in [0, 0.05) is 13.0 Å². The van der Waals surface area contributed by atoms with E-state index in [0.717, 1.165) is 19.3 Å². The van der Waals surface area contributed by atoms with Crippen LogP contribution in [0.5, 0.6) is 0 Å². The molecule has 0 bridgehead atoms. The van der Waals surface area contributed by atoms with Gasteiger partial charge in [0.25, 0.3) is 0 Å². The third kappa shape index (κ3) is 4.34. The maximum absolute atomic E-state index is 12.1. The number of nitrogens with two attached hydrogens (primary N) is 1. The summed E-state index contributed by atoms with van der Waals surface area (Å²) in [5, 5.41) is 3.12. The van der Waals surface area contributed by atoms with Crippen LogP contribution in [0.4, 0.5) is 0 Å². The summed E-state index contributed by atoms with van der Waals surface area (Å²) < 4.78 is 0. The first-order valence-electron chi connectivity index (χ1n) is 7.53. The molecule has 112 valence electrons. The molecule has 20 heavy (non-hydrogen) atoms. The van der Waals surface area contributed by atoms with Crippen LogP contribution >= 0.6 is 0 Å². The molecule has 0 saturated heterocycles. The zero-order valence-electron chi connectivity index (χ0n) is 13.3. The van der Waals surface area contributed by atoms with Crippen LogP contribution in [-0.4, -0.2) is 18.0 Å². The Hall–Kier alpha value is -1.35. The highest BCUT2D eigenvalue weighted by Gasteiger charge is 2.25. The van der Waals surface area contributed by atoms with E-state index >= 15 is 0 Å². The van der Waals surface area contributed by atoms with Crippen molar-refractivity contribution >= 4 is 5.91 Å². The highest BCUT2D eigenvalue weighted by molar-refractivity contribution is 5.77. The van der Waals surface area contributed by atoms with Crippen LogP contribution in [0.2, 0.25) is 0 Å². The lowest BCUT2D eigenvalue weighted by atomic mass is 9.92. The van der Waals surface area contributed by atoms with Gasteiger partial charge < -0.3 is 11.1 Å². The molecule has 1 amide bonds. The number of rotatable bonds is 7. The van der Waals surface area contributed by atoms with Gasteiger partial charge in [-0.15, -0.1) is 0 Å². The summed E-state index contributed by atoms with van der Waals surface area (Å²) >= 11 is 0. The molecule has 1 rings (SSSR count). The normalized spacial score (nSPS) is 11.4. The highest BCUT2D eigenvalue weighted by atomic mass is 16.1. The number of aryl methyl sites for hydroxylation is 3. The van der Waals surface area contributed by atoms with E-state index in [9.17, 15) is 4.79 Å². The van der Waals surface area contributed by atoms with Crippen molar-refractivity contribution in [1.29, 1.82) is 0 Å². The van der Waals surface area contributed by atoms with Crippen LogP contribution < -0.4 is 11.1 Å². The Kier molecular flexibility index (Phi) is 6.21. The molecule has 0 unspecified atom stereocenters. The molecular weight excluding hydrogens is 248 g/mol. The van der Waals surface area contributed by atoms with Gasteiger partial charge >= 0.3 is 0 Å². The van der Waals surface area contributed by atoms with Crippen molar-refractivity contribution in [3.05, 3.63) is 34.9 Å². The molecule has 0 aliphatic carbocycles. The van der Waals surface area contributed by atoms with Crippen LogP contribution in [-0.2, 0) is 11.2 Å². The first kappa shape index (κ1) is 16.7. The fraction of sp³-hybridized carbons (Fsp3) is 0.588. The van der Waals surface area contributed by atoms with E-state index in [4.69, 9.17) is 5.73 Å². The van der Waals surface area contributed by atoms with E-state index in [1.165, 1.54) is 16.7 Å². The first-order chi connectivity index (χ1) is 9.46. The van der Waals surface area contributed by atoms with Crippen molar-refractivity contribution < 1.29 is 4.79 Å². The second-order valence-electron chi connectivity index (χ2n) is 5.67. The van der Waals surface area contributed by atoms with Crippen LogP contribution in [0, 0.1) is 13.8 Å². The molecule has 0 spiro atoms. The summed E-state index contributed by atoms with van der Waals surface area (Å²) in [6.45, 7) is 8.82. The van der Waals surface area contributed by atoms with Crippen molar-refractivity contribution in [3.63, 3.8) is 0 Å². The fourth-order valence-corrected chi connectivity index (χ4v) is 2.50. The summed E-state index contributed by atoms with van der Waals surface area (Å²) in [4.78, 5) is 12.1. The second-order valence-corrected chi connectivity index (χ2v) is 5.67. The minimum atomic E-state index is -0.237. The number of hydrogen-bond donors (Lipinski definition) is 2. The number of carbonyl (C=O) groups excluding carboxylic acids is 1. The monoisotopic (exact) mass is 276 g/mol. The Morgan fingerprint density at radius 3 is 2.40 bits per heavy atom.